The van der Waals surface area contributed by atoms with Gasteiger partial charge >= 0.3 is 23.9 Å². The van der Waals surface area contributed by atoms with Crippen molar-refractivity contribution in [3.05, 3.63) is 23.8 Å². The Balaban J connectivity index is 3.12. The smallest absolute Gasteiger partial charge is 0.324 e. The molecule has 0 fully saturated rings. The first-order valence-electron chi connectivity index (χ1n) is 10.3. The van der Waals surface area contributed by atoms with Gasteiger partial charge < -0.3 is 25.1 Å². The van der Waals surface area contributed by atoms with Crippen molar-refractivity contribution < 1.29 is 38.5 Å². The summed E-state index contributed by atoms with van der Waals surface area (Å²) in [4.78, 5) is 47.0. The lowest BCUT2D eigenvalue weighted by atomic mass is 9.86. The number of aliphatic carboxylic acids is 1. The van der Waals surface area contributed by atoms with Crippen molar-refractivity contribution in [3.8, 4) is 11.5 Å². The van der Waals surface area contributed by atoms with Gasteiger partial charge in [0.15, 0.2) is 11.5 Å². The Labute approximate surface area is 181 Å². The van der Waals surface area contributed by atoms with E-state index in [1.165, 1.54) is 12.1 Å². The molecule has 0 saturated carbocycles. The number of esters is 3. The fourth-order valence-corrected chi connectivity index (χ4v) is 2.86. The van der Waals surface area contributed by atoms with Gasteiger partial charge in [-0.15, -0.1) is 0 Å². The van der Waals surface area contributed by atoms with Gasteiger partial charge in [0.2, 0.25) is 0 Å². The molecule has 172 valence electrons. The topological polar surface area (TPSA) is 142 Å². The van der Waals surface area contributed by atoms with Gasteiger partial charge in [0, 0.05) is 32.1 Å². The summed E-state index contributed by atoms with van der Waals surface area (Å²) < 4.78 is 15.7. The molecule has 1 rings (SSSR count). The molecule has 1 aromatic rings. The van der Waals surface area contributed by atoms with Crippen LogP contribution in [0.3, 0.4) is 0 Å². The van der Waals surface area contributed by atoms with Gasteiger partial charge in [0.1, 0.15) is 11.6 Å². The van der Waals surface area contributed by atoms with Gasteiger partial charge in [0.25, 0.3) is 0 Å². The van der Waals surface area contributed by atoms with Crippen LogP contribution in [0.15, 0.2) is 18.2 Å². The Morgan fingerprint density at radius 3 is 2.10 bits per heavy atom. The van der Waals surface area contributed by atoms with Crippen LogP contribution in [0.5, 0.6) is 11.5 Å². The molecule has 3 N–H and O–H groups in total. The molecule has 9 heteroatoms. The highest BCUT2D eigenvalue weighted by Crippen LogP contribution is 2.31. The molecule has 1 unspecified atom stereocenters. The predicted molar refractivity (Wildman–Crippen MR) is 112 cm³/mol. The molecule has 0 aliphatic rings. The molecular weight excluding hydrogens is 406 g/mol. The van der Waals surface area contributed by atoms with E-state index < -0.39 is 35.5 Å². The maximum atomic E-state index is 11.9. The summed E-state index contributed by atoms with van der Waals surface area (Å²) in [6, 6.07) is 4.39. The molecular formula is C22H31NO8. The van der Waals surface area contributed by atoms with E-state index in [0.717, 1.165) is 0 Å². The Bertz CT molecular complexity index is 807. The number of benzene rings is 1. The molecule has 1 aromatic carbocycles. The summed E-state index contributed by atoms with van der Waals surface area (Å²) in [5.41, 5.74) is 4.87. The van der Waals surface area contributed by atoms with Crippen LogP contribution in [0.1, 0.15) is 65.4 Å². The van der Waals surface area contributed by atoms with Crippen molar-refractivity contribution in [1.82, 2.24) is 0 Å². The Kier molecular flexibility index (Phi) is 10.1. The lowest BCUT2D eigenvalue weighted by Gasteiger charge is -2.28. The number of rotatable bonds is 12. The Hall–Kier alpha value is -2.94. The first-order valence-corrected chi connectivity index (χ1v) is 10.3. The first kappa shape index (κ1) is 26.1. The van der Waals surface area contributed by atoms with Crippen molar-refractivity contribution >= 4 is 23.9 Å². The molecule has 0 aliphatic carbocycles. The normalized spacial score (nSPS) is 13.6. The Morgan fingerprint density at radius 1 is 1.00 bits per heavy atom. The molecule has 2 atom stereocenters. The van der Waals surface area contributed by atoms with Crippen molar-refractivity contribution in [2.24, 2.45) is 5.73 Å². The summed E-state index contributed by atoms with van der Waals surface area (Å²) in [5, 5.41) is 9.72. The molecule has 0 aromatic heterocycles. The monoisotopic (exact) mass is 437 g/mol. The molecule has 0 bridgehead atoms. The first-order chi connectivity index (χ1) is 14.5. The second kappa shape index (κ2) is 12.0. The molecule has 0 saturated heterocycles. The largest absolute Gasteiger partial charge is 0.480 e. The van der Waals surface area contributed by atoms with E-state index >= 15 is 0 Å². The van der Waals surface area contributed by atoms with Crippen LogP contribution in [0.25, 0.3) is 0 Å². The second-order valence-electron chi connectivity index (χ2n) is 7.33. The van der Waals surface area contributed by atoms with Crippen LogP contribution in [-0.4, -0.2) is 40.6 Å². The fourth-order valence-electron chi connectivity index (χ4n) is 2.86. The van der Waals surface area contributed by atoms with Crippen molar-refractivity contribution in [2.45, 2.75) is 77.9 Å². The number of carbonyl (C=O) groups excluding carboxylic acids is 3. The highest BCUT2D eigenvalue weighted by atomic mass is 16.6. The van der Waals surface area contributed by atoms with Gasteiger partial charge in [-0.2, -0.15) is 0 Å². The molecule has 31 heavy (non-hydrogen) atoms. The number of carboxylic acid groups (broad SMARTS) is 1. The van der Waals surface area contributed by atoms with Gasteiger partial charge in [-0.1, -0.05) is 26.8 Å². The number of nitrogens with two attached hydrogens (primary N) is 1. The standard InChI is InChI=1S/C22H31NO8/c1-5-8-20(26)29-14(4)12-22(23,21(27)28)13-15-9-10-16(30-18(24)6-2)17(11-15)31-19(25)7-3/h9-11,14H,5-8,12-13,23H2,1-4H3,(H,27,28)/t14-,22?/m0/s1. The Morgan fingerprint density at radius 2 is 1.58 bits per heavy atom. The third kappa shape index (κ3) is 8.37. The fraction of sp³-hybridized carbons (Fsp3) is 0.545. The van der Waals surface area contributed by atoms with E-state index in [9.17, 15) is 24.3 Å². The van der Waals surface area contributed by atoms with E-state index in [1.807, 2.05) is 6.92 Å². The number of carboxylic acids is 1. The minimum absolute atomic E-state index is 0.00121. The number of hydrogen-bond donors (Lipinski definition) is 2. The third-order valence-electron chi connectivity index (χ3n) is 4.42. The molecule has 0 radical (unpaired) electrons. The maximum Gasteiger partial charge on any atom is 0.324 e. The average molecular weight is 437 g/mol. The van der Waals surface area contributed by atoms with Gasteiger partial charge in [0.05, 0.1) is 0 Å². The highest BCUT2D eigenvalue weighted by molar-refractivity contribution is 5.79. The van der Waals surface area contributed by atoms with E-state index in [2.05, 4.69) is 0 Å². The van der Waals surface area contributed by atoms with Crippen LogP contribution >= 0.6 is 0 Å². The zero-order chi connectivity index (χ0) is 23.6. The molecule has 9 nitrogen and oxygen atoms in total. The second-order valence-corrected chi connectivity index (χ2v) is 7.33. The van der Waals surface area contributed by atoms with E-state index in [4.69, 9.17) is 19.9 Å². The van der Waals surface area contributed by atoms with Gasteiger partial charge in [-0.05, 0) is 31.0 Å². The van der Waals surface area contributed by atoms with Crippen molar-refractivity contribution in [2.75, 3.05) is 0 Å². The summed E-state index contributed by atoms with van der Waals surface area (Å²) in [6.07, 6.45) is 0.128. The van der Waals surface area contributed by atoms with Crippen molar-refractivity contribution in [1.29, 1.82) is 0 Å². The van der Waals surface area contributed by atoms with E-state index in [0.29, 0.717) is 12.0 Å². The van der Waals surface area contributed by atoms with Crippen LogP contribution in [0, 0.1) is 0 Å². The number of ether oxygens (including phenoxy) is 3. The molecule has 0 amide bonds. The zero-order valence-corrected chi connectivity index (χ0v) is 18.4. The van der Waals surface area contributed by atoms with Crippen LogP contribution in [0.4, 0.5) is 0 Å². The lowest BCUT2D eigenvalue weighted by Crippen LogP contribution is -2.52. The maximum absolute atomic E-state index is 11.9. The predicted octanol–water partition coefficient (Wildman–Crippen LogP) is 2.76. The summed E-state index contributed by atoms with van der Waals surface area (Å²) in [7, 11) is 0. The minimum Gasteiger partial charge on any atom is -0.480 e. The van der Waals surface area contributed by atoms with Gasteiger partial charge in [-0.3, -0.25) is 19.2 Å². The summed E-state index contributed by atoms with van der Waals surface area (Å²) >= 11 is 0. The molecule has 0 spiro atoms. The molecule has 0 aliphatic heterocycles. The summed E-state index contributed by atoms with van der Waals surface area (Å²) in [6.45, 7) is 6.65. The van der Waals surface area contributed by atoms with Crippen LogP contribution in [0.2, 0.25) is 0 Å². The average Bonchev–Trinajstić information content (AvgIpc) is 2.69. The quantitative estimate of drug-likeness (QED) is 0.373. The SMILES string of the molecule is CCCC(=O)O[C@@H](C)CC(N)(Cc1ccc(OC(=O)CC)c(OC(=O)CC)c1)C(=O)O. The van der Waals surface area contributed by atoms with Crippen molar-refractivity contribution in [3.63, 3.8) is 0 Å². The minimum atomic E-state index is -1.74. The number of carbonyl (C=O) groups is 4. The zero-order valence-electron chi connectivity index (χ0n) is 18.4. The highest BCUT2D eigenvalue weighted by Gasteiger charge is 2.37. The third-order valence-corrected chi connectivity index (χ3v) is 4.42. The number of hydrogen-bond acceptors (Lipinski definition) is 8. The van der Waals surface area contributed by atoms with E-state index in [1.54, 1.807) is 26.8 Å². The van der Waals surface area contributed by atoms with Crippen LogP contribution < -0.4 is 15.2 Å². The molecule has 0 heterocycles. The lowest BCUT2D eigenvalue weighted by molar-refractivity contribution is -0.153. The van der Waals surface area contributed by atoms with Gasteiger partial charge in [-0.25, -0.2) is 0 Å². The van der Waals surface area contributed by atoms with E-state index in [-0.39, 0.29) is 43.6 Å². The van der Waals surface area contributed by atoms with Crippen LogP contribution in [-0.2, 0) is 30.3 Å². The summed E-state index contributed by atoms with van der Waals surface area (Å²) in [5.74, 6) is -2.68.